The topological polar surface area (TPSA) is 51.2 Å². The maximum Gasteiger partial charge on any atom is 0.246 e. The zero-order valence-corrected chi connectivity index (χ0v) is 18.0. The third-order valence-corrected chi connectivity index (χ3v) is 5.62. The van der Waals surface area contributed by atoms with Crippen molar-refractivity contribution in [2.24, 2.45) is 0 Å². The van der Waals surface area contributed by atoms with E-state index in [1.54, 1.807) is 29.2 Å². The van der Waals surface area contributed by atoms with Crippen LogP contribution in [0.15, 0.2) is 36.4 Å². The number of ether oxygens (including phenoxy) is 3. The number of methoxy groups -OCH3 is 1. The van der Waals surface area contributed by atoms with Crippen molar-refractivity contribution in [3.05, 3.63) is 58.4 Å². The maximum atomic E-state index is 13.9. The lowest BCUT2D eigenvalue weighted by Crippen LogP contribution is -2.47. The molecule has 4 rings (SSSR count). The van der Waals surface area contributed by atoms with Crippen molar-refractivity contribution in [2.75, 3.05) is 46.5 Å². The van der Waals surface area contributed by atoms with Gasteiger partial charge in [0.05, 0.1) is 12.1 Å². The minimum Gasteiger partial charge on any atom is -0.494 e. The third-order valence-electron chi connectivity index (χ3n) is 5.34. The molecule has 0 atom stereocenters. The molecule has 2 aliphatic heterocycles. The molecule has 6 nitrogen and oxygen atoms in total. The number of nitrogens with zero attached hydrogens (tertiary/aromatic N) is 2. The van der Waals surface area contributed by atoms with E-state index in [4.69, 9.17) is 25.8 Å². The lowest BCUT2D eigenvalue weighted by Gasteiger charge is -2.34. The number of carbonyl (C=O) groups excluding carboxylic acids is 1. The van der Waals surface area contributed by atoms with Crippen molar-refractivity contribution in [3.63, 3.8) is 0 Å². The summed E-state index contributed by atoms with van der Waals surface area (Å²) in [4.78, 5) is 16.6. The molecule has 0 aliphatic carbocycles. The van der Waals surface area contributed by atoms with E-state index in [1.807, 2.05) is 12.1 Å². The highest BCUT2D eigenvalue weighted by atomic mass is 35.5. The summed E-state index contributed by atoms with van der Waals surface area (Å²) in [5, 5.41) is 0.466. The fourth-order valence-corrected chi connectivity index (χ4v) is 3.97. The first-order valence-corrected chi connectivity index (χ1v) is 10.5. The monoisotopic (exact) mass is 446 g/mol. The number of carbonyl (C=O) groups is 1. The number of hydrogen-bond donors (Lipinski definition) is 0. The number of benzene rings is 2. The van der Waals surface area contributed by atoms with Crippen LogP contribution in [0.4, 0.5) is 4.39 Å². The number of rotatable bonds is 5. The van der Waals surface area contributed by atoms with Crippen LogP contribution in [-0.4, -0.2) is 62.2 Å². The Bertz CT molecular complexity index is 990. The van der Waals surface area contributed by atoms with E-state index in [0.717, 1.165) is 24.2 Å². The van der Waals surface area contributed by atoms with Gasteiger partial charge in [-0.15, -0.1) is 0 Å². The fourth-order valence-electron chi connectivity index (χ4n) is 3.69. The van der Waals surface area contributed by atoms with E-state index >= 15 is 0 Å². The Hall–Kier alpha value is -2.77. The van der Waals surface area contributed by atoms with Crippen molar-refractivity contribution in [1.82, 2.24) is 9.80 Å². The van der Waals surface area contributed by atoms with Gasteiger partial charge in [-0.1, -0.05) is 17.7 Å². The highest BCUT2D eigenvalue weighted by Crippen LogP contribution is 2.38. The standard InChI is InChI=1S/C23H24ClFN2O4/c1-29-20-4-2-17(13-19(20)25)15-26-6-8-27(9-7-26)22(28)5-3-16-12-18(24)23-21(14-16)30-10-11-31-23/h2-5,12-14H,6-11,15H2,1H3/b5-3+. The van der Waals surface area contributed by atoms with Crippen LogP contribution in [0, 0.1) is 5.82 Å². The fraction of sp³-hybridized carbons (Fsp3) is 0.348. The van der Waals surface area contributed by atoms with Gasteiger partial charge in [-0.3, -0.25) is 9.69 Å². The quantitative estimate of drug-likeness (QED) is 0.657. The van der Waals surface area contributed by atoms with E-state index < -0.39 is 0 Å². The molecule has 0 radical (unpaired) electrons. The Kier molecular flexibility index (Phi) is 6.63. The molecule has 31 heavy (non-hydrogen) atoms. The van der Waals surface area contributed by atoms with Gasteiger partial charge >= 0.3 is 0 Å². The van der Waals surface area contributed by atoms with Gasteiger partial charge in [-0.05, 0) is 41.5 Å². The molecule has 164 valence electrons. The summed E-state index contributed by atoms with van der Waals surface area (Å²) < 4.78 is 29.9. The predicted octanol–water partition coefficient (Wildman–Crippen LogP) is 3.62. The second kappa shape index (κ2) is 9.58. The zero-order valence-electron chi connectivity index (χ0n) is 17.3. The summed E-state index contributed by atoms with van der Waals surface area (Å²) in [7, 11) is 1.45. The average Bonchev–Trinajstić information content (AvgIpc) is 2.78. The minimum absolute atomic E-state index is 0.0545. The molecule has 1 fully saturated rings. The second-order valence-corrected chi connectivity index (χ2v) is 7.84. The second-order valence-electron chi connectivity index (χ2n) is 7.43. The van der Waals surface area contributed by atoms with Crippen molar-refractivity contribution in [2.45, 2.75) is 6.54 Å². The molecule has 2 aliphatic rings. The summed E-state index contributed by atoms with van der Waals surface area (Å²) in [6, 6.07) is 8.57. The van der Waals surface area contributed by atoms with Crippen LogP contribution >= 0.6 is 11.6 Å². The molecule has 0 bridgehead atoms. The summed E-state index contributed by atoms with van der Waals surface area (Å²) >= 11 is 6.25. The summed E-state index contributed by atoms with van der Waals surface area (Å²) in [6.45, 7) is 4.26. The van der Waals surface area contributed by atoms with Gasteiger partial charge in [0, 0.05) is 38.8 Å². The van der Waals surface area contributed by atoms with Crippen LogP contribution in [0.3, 0.4) is 0 Å². The van der Waals surface area contributed by atoms with Crippen LogP contribution in [0.1, 0.15) is 11.1 Å². The van der Waals surface area contributed by atoms with E-state index in [1.165, 1.54) is 13.2 Å². The molecule has 2 heterocycles. The number of halogens is 2. The van der Waals surface area contributed by atoms with Gasteiger partial charge in [-0.2, -0.15) is 0 Å². The van der Waals surface area contributed by atoms with Crippen LogP contribution in [0.5, 0.6) is 17.2 Å². The smallest absolute Gasteiger partial charge is 0.246 e. The Balaban J connectivity index is 1.31. The van der Waals surface area contributed by atoms with Crippen molar-refractivity contribution < 1.29 is 23.4 Å². The summed E-state index contributed by atoms with van der Waals surface area (Å²) in [6.07, 6.45) is 3.29. The highest BCUT2D eigenvalue weighted by Gasteiger charge is 2.20. The first-order valence-electron chi connectivity index (χ1n) is 10.1. The van der Waals surface area contributed by atoms with Crippen LogP contribution < -0.4 is 14.2 Å². The van der Waals surface area contributed by atoms with Gasteiger partial charge in [0.25, 0.3) is 0 Å². The van der Waals surface area contributed by atoms with E-state index in [-0.39, 0.29) is 17.5 Å². The molecule has 0 spiro atoms. The largest absolute Gasteiger partial charge is 0.494 e. The first-order chi connectivity index (χ1) is 15.0. The van der Waals surface area contributed by atoms with Gasteiger partial charge < -0.3 is 19.1 Å². The predicted molar refractivity (Wildman–Crippen MR) is 116 cm³/mol. The Morgan fingerprint density at radius 3 is 2.68 bits per heavy atom. The Labute approximate surface area is 185 Å². The molecule has 2 aromatic rings. The number of amides is 1. The molecule has 2 aromatic carbocycles. The van der Waals surface area contributed by atoms with Gasteiger partial charge in [0.1, 0.15) is 13.2 Å². The van der Waals surface area contributed by atoms with Crippen LogP contribution in [0.25, 0.3) is 6.08 Å². The summed E-state index contributed by atoms with van der Waals surface area (Å²) in [5.41, 5.74) is 1.66. The molecule has 0 N–H and O–H groups in total. The number of piperazine rings is 1. The molecule has 1 saturated heterocycles. The van der Waals surface area contributed by atoms with E-state index in [0.29, 0.717) is 49.4 Å². The zero-order chi connectivity index (χ0) is 21.8. The SMILES string of the molecule is COc1ccc(CN2CCN(C(=O)/C=C/c3cc(Cl)c4c(c3)OCCO4)CC2)cc1F. The Morgan fingerprint density at radius 2 is 1.94 bits per heavy atom. The highest BCUT2D eigenvalue weighted by molar-refractivity contribution is 6.32. The van der Waals surface area contributed by atoms with Gasteiger partial charge in [0.15, 0.2) is 23.1 Å². The van der Waals surface area contributed by atoms with Crippen LogP contribution in [-0.2, 0) is 11.3 Å². The normalized spacial score (nSPS) is 16.5. The third kappa shape index (κ3) is 5.11. The molecule has 0 unspecified atom stereocenters. The molecule has 8 heteroatoms. The van der Waals surface area contributed by atoms with E-state index in [9.17, 15) is 9.18 Å². The minimum atomic E-state index is -0.363. The van der Waals surface area contributed by atoms with Crippen molar-refractivity contribution in [1.29, 1.82) is 0 Å². The van der Waals surface area contributed by atoms with Crippen LogP contribution in [0.2, 0.25) is 5.02 Å². The molecule has 0 aromatic heterocycles. The number of fused-ring (bicyclic) bond motifs is 1. The summed E-state index contributed by atoms with van der Waals surface area (Å²) in [5.74, 6) is 0.961. The van der Waals surface area contributed by atoms with Crippen molar-refractivity contribution >= 4 is 23.6 Å². The van der Waals surface area contributed by atoms with Crippen molar-refractivity contribution in [3.8, 4) is 17.2 Å². The van der Waals surface area contributed by atoms with E-state index in [2.05, 4.69) is 4.90 Å². The molecular formula is C23H24ClFN2O4. The maximum absolute atomic E-state index is 13.9. The lowest BCUT2D eigenvalue weighted by atomic mass is 10.1. The first kappa shape index (κ1) is 21.5. The molecule has 1 amide bonds. The lowest BCUT2D eigenvalue weighted by molar-refractivity contribution is -0.127. The number of hydrogen-bond acceptors (Lipinski definition) is 5. The molecular weight excluding hydrogens is 423 g/mol. The van der Waals surface area contributed by atoms with Gasteiger partial charge in [0.2, 0.25) is 5.91 Å². The van der Waals surface area contributed by atoms with Gasteiger partial charge in [-0.25, -0.2) is 4.39 Å². The molecule has 0 saturated carbocycles. The average molecular weight is 447 g/mol. The Morgan fingerprint density at radius 1 is 1.16 bits per heavy atom.